The number of nitrogens with zero attached hydrogens (tertiary/aromatic N) is 1. The monoisotopic (exact) mass is 412 g/mol. The summed E-state index contributed by atoms with van der Waals surface area (Å²) in [4.78, 5) is 16.4. The Labute approximate surface area is 175 Å². The van der Waals surface area contributed by atoms with Crippen molar-refractivity contribution >= 4 is 22.9 Å². The SMILES string of the molecule is CCc1ccccc1NC(=O)C[NH+]1CC[NH+](Cc2cc(-c3cccs3)on2)CC1. The first-order chi connectivity index (χ1) is 14.2. The normalized spacial score (nSPS) is 19.2. The molecule has 1 aliphatic rings. The summed E-state index contributed by atoms with van der Waals surface area (Å²) in [5, 5.41) is 9.37. The van der Waals surface area contributed by atoms with Gasteiger partial charge in [-0.15, -0.1) is 11.3 Å². The van der Waals surface area contributed by atoms with Crippen molar-refractivity contribution in [1.82, 2.24) is 5.16 Å². The van der Waals surface area contributed by atoms with E-state index in [1.165, 1.54) is 15.4 Å². The Kier molecular flexibility index (Phi) is 6.39. The maximum absolute atomic E-state index is 12.5. The van der Waals surface area contributed by atoms with Crippen molar-refractivity contribution in [2.75, 3.05) is 38.0 Å². The molecule has 0 bridgehead atoms. The minimum atomic E-state index is 0.0986. The molecule has 4 rings (SSSR count). The van der Waals surface area contributed by atoms with Crippen molar-refractivity contribution in [3.8, 4) is 10.6 Å². The molecule has 1 fully saturated rings. The lowest BCUT2D eigenvalue weighted by molar-refractivity contribution is -1.02. The third kappa shape index (κ3) is 5.12. The summed E-state index contributed by atoms with van der Waals surface area (Å²) in [6.07, 6.45) is 0.918. The molecule has 1 saturated heterocycles. The lowest BCUT2D eigenvalue weighted by Crippen LogP contribution is -3.28. The van der Waals surface area contributed by atoms with Crippen molar-refractivity contribution in [3.05, 3.63) is 59.1 Å². The van der Waals surface area contributed by atoms with Crippen molar-refractivity contribution in [2.24, 2.45) is 0 Å². The molecule has 0 aliphatic carbocycles. The summed E-state index contributed by atoms with van der Waals surface area (Å²) in [6, 6.07) is 14.2. The molecule has 3 N–H and O–H groups in total. The van der Waals surface area contributed by atoms with E-state index in [1.807, 2.05) is 35.7 Å². The summed E-state index contributed by atoms with van der Waals surface area (Å²) >= 11 is 1.66. The molecule has 0 spiro atoms. The third-order valence-corrected chi connectivity index (χ3v) is 6.39. The van der Waals surface area contributed by atoms with Gasteiger partial charge in [0.2, 0.25) is 0 Å². The fourth-order valence-electron chi connectivity index (χ4n) is 3.87. The number of carbonyl (C=O) groups excluding carboxylic acids is 1. The van der Waals surface area contributed by atoms with Gasteiger partial charge in [0.25, 0.3) is 5.91 Å². The predicted molar refractivity (Wildman–Crippen MR) is 114 cm³/mol. The van der Waals surface area contributed by atoms with Gasteiger partial charge in [-0.3, -0.25) is 4.79 Å². The number of aryl methyl sites for hydroxylation is 1. The molecule has 1 amide bonds. The number of aromatic nitrogens is 1. The van der Waals surface area contributed by atoms with Gasteiger partial charge < -0.3 is 19.6 Å². The van der Waals surface area contributed by atoms with Crippen LogP contribution in [0.2, 0.25) is 0 Å². The van der Waals surface area contributed by atoms with E-state index in [2.05, 4.69) is 29.5 Å². The molecule has 7 heteroatoms. The Morgan fingerprint density at radius 1 is 1.14 bits per heavy atom. The Balaban J connectivity index is 1.24. The first kappa shape index (κ1) is 19.8. The predicted octanol–water partition coefficient (Wildman–Crippen LogP) is 0.888. The highest BCUT2D eigenvalue weighted by atomic mass is 32.1. The number of rotatable bonds is 7. The van der Waals surface area contributed by atoms with Gasteiger partial charge >= 0.3 is 0 Å². The first-order valence-corrected chi connectivity index (χ1v) is 11.1. The number of para-hydroxylation sites is 1. The number of nitrogens with one attached hydrogen (secondary N) is 3. The molecule has 0 radical (unpaired) electrons. The van der Waals surface area contributed by atoms with Gasteiger partial charge in [-0.1, -0.05) is 36.3 Å². The number of carbonyl (C=O) groups is 1. The van der Waals surface area contributed by atoms with E-state index in [0.717, 1.165) is 61.2 Å². The highest BCUT2D eigenvalue weighted by molar-refractivity contribution is 7.13. The van der Waals surface area contributed by atoms with Crippen LogP contribution in [0.5, 0.6) is 0 Å². The third-order valence-electron chi connectivity index (χ3n) is 5.50. The van der Waals surface area contributed by atoms with Crippen LogP contribution >= 0.6 is 11.3 Å². The second-order valence-corrected chi connectivity index (χ2v) is 8.52. The van der Waals surface area contributed by atoms with Crippen LogP contribution in [0.3, 0.4) is 0 Å². The quantitative estimate of drug-likeness (QED) is 0.540. The van der Waals surface area contributed by atoms with Gasteiger partial charge in [-0.2, -0.15) is 0 Å². The van der Waals surface area contributed by atoms with Crippen molar-refractivity contribution in [2.45, 2.75) is 19.9 Å². The summed E-state index contributed by atoms with van der Waals surface area (Å²) < 4.78 is 5.49. The average Bonchev–Trinajstić information content (AvgIpc) is 3.42. The van der Waals surface area contributed by atoms with Crippen LogP contribution in [0.25, 0.3) is 10.6 Å². The first-order valence-electron chi connectivity index (χ1n) is 10.3. The summed E-state index contributed by atoms with van der Waals surface area (Å²) in [5.41, 5.74) is 3.12. The minimum Gasteiger partial charge on any atom is -0.355 e. The maximum atomic E-state index is 12.5. The zero-order valence-corrected chi connectivity index (χ0v) is 17.6. The smallest absolute Gasteiger partial charge is 0.279 e. The lowest BCUT2D eigenvalue weighted by Gasteiger charge is -2.28. The zero-order valence-electron chi connectivity index (χ0n) is 16.7. The van der Waals surface area contributed by atoms with Crippen LogP contribution in [0, 0.1) is 0 Å². The number of amides is 1. The Bertz CT molecular complexity index is 930. The van der Waals surface area contributed by atoms with E-state index in [-0.39, 0.29) is 5.91 Å². The van der Waals surface area contributed by atoms with Gasteiger partial charge in [0.1, 0.15) is 38.4 Å². The summed E-state index contributed by atoms with van der Waals surface area (Å²) in [7, 11) is 0. The molecule has 0 atom stereocenters. The number of hydrogen-bond donors (Lipinski definition) is 3. The van der Waals surface area contributed by atoms with Gasteiger partial charge in [0.15, 0.2) is 12.3 Å². The topological polar surface area (TPSA) is 64.0 Å². The number of piperazine rings is 1. The standard InChI is InChI=1S/C22H26N4O2S/c1-2-17-6-3-4-7-19(17)23-22(27)16-26-11-9-25(10-12-26)15-18-14-20(28-24-18)21-8-5-13-29-21/h3-8,13-14H,2,9-12,15-16H2,1H3,(H,23,27)/p+2. The number of hydrogen-bond acceptors (Lipinski definition) is 4. The number of quaternary nitrogens is 2. The molecule has 2 aromatic heterocycles. The van der Waals surface area contributed by atoms with E-state index < -0.39 is 0 Å². The van der Waals surface area contributed by atoms with Crippen molar-refractivity contribution in [1.29, 1.82) is 0 Å². The van der Waals surface area contributed by atoms with Gasteiger partial charge in [0, 0.05) is 11.8 Å². The molecule has 29 heavy (non-hydrogen) atoms. The van der Waals surface area contributed by atoms with E-state index in [0.29, 0.717) is 6.54 Å². The molecular formula is C22H28N4O2S+2. The van der Waals surface area contributed by atoms with Crippen LogP contribution in [-0.4, -0.2) is 43.8 Å². The Morgan fingerprint density at radius 2 is 1.93 bits per heavy atom. The highest BCUT2D eigenvalue weighted by Gasteiger charge is 2.26. The molecule has 152 valence electrons. The maximum Gasteiger partial charge on any atom is 0.279 e. The largest absolute Gasteiger partial charge is 0.355 e. The second kappa shape index (κ2) is 9.35. The van der Waals surface area contributed by atoms with E-state index in [4.69, 9.17) is 4.52 Å². The summed E-state index contributed by atoms with van der Waals surface area (Å²) in [6.45, 7) is 7.57. The van der Waals surface area contributed by atoms with Crippen LogP contribution in [0.4, 0.5) is 5.69 Å². The van der Waals surface area contributed by atoms with Crippen molar-refractivity contribution in [3.63, 3.8) is 0 Å². The lowest BCUT2D eigenvalue weighted by atomic mass is 10.1. The number of anilines is 1. The number of benzene rings is 1. The van der Waals surface area contributed by atoms with Crippen molar-refractivity contribution < 1.29 is 19.1 Å². The number of thiophene rings is 1. The molecule has 1 aromatic carbocycles. The van der Waals surface area contributed by atoms with E-state index >= 15 is 0 Å². The fourth-order valence-corrected chi connectivity index (χ4v) is 4.54. The van der Waals surface area contributed by atoms with E-state index in [9.17, 15) is 4.79 Å². The van der Waals surface area contributed by atoms with Crippen LogP contribution in [0.15, 0.2) is 52.4 Å². The second-order valence-electron chi connectivity index (χ2n) is 7.57. The highest BCUT2D eigenvalue weighted by Crippen LogP contribution is 2.24. The minimum absolute atomic E-state index is 0.0986. The van der Waals surface area contributed by atoms with Crippen LogP contribution in [-0.2, 0) is 17.8 Å². The fraction of sp³-hybridized carbons (Fsp3) is 0.364. The molecule has 1 aliphatic heterocycles. The Hall–Kier alpha value is -2.48. The van der Waals surface area contributed by atoms with Crippen LogP contribution in [0.1, 0.15) is 18.2 Å². The molecule has 6 nitrogen and oxygen atoms in total. The molecule has 3 heterocycles. The van der Waals surface area contributed by atoms with Crippen LogP contribution < -0.4 is 15.1 Å². The average molecular weight is 413 g/mol. The van der Waals surface area contributed by atoms with Gasteiger partial charge in [0.05, 0.1) is 4.88 Å². The summed E-state index contributed by atoms with van der Waals surface area (Å²) in [5.74, 6) is 0.948. The van der Waals surface area contributed by atoms with E-state index in [1.54, 1.807) is 11.3 Å². The van der Waals surface area contributed by atoms with Gasteiger partial charge in [-0.05, 0) is 29.5 Å². The molecule has 3 aromatic rings. The van der Waals surface area contributed by atoms with Gasteiger partial charge in [-0.25, -0.2) is 0 Å². The Morgan fingerprint density at radius 3 is 2.69 bits per heavy atom. The zero-order chi connectivity index (χ0) is 20.1. The molecule has 0 unspecified atom stereocenters. The molecule has 0 saturated carbocycles. The molecular weight excluding hydrogens is 384 g/mol.